The molecule has 0 aromatic heterocycles. The molecule has 26 heavy (non-hydrogen) atoms. The van der Waals surface area contributed by atoms with Gasteiger partial charge in [-0.3, -0.25) is 4.79 Å². The van der Waals surface area contributed by atoms with E-state index in [0.717, 1.165) is 24.1 Å². The van der Waals surface area contributed by atoms with Crippen LogP contribution in [-0.2, 0) is 14.8 Å². The lowest BCUT2D eigenvalue weighted by Crippen LogP contribution is -2.45. The van der Waals surface area contributed by atoms with Crippen LogP contribution in [-0.4, -0.2) is 31.2 Å². The van der Waals surface area contributed by atoms with Gasteiger partial charge >= 0.3 is 0 Å². The number of benzene rings is 2. The molecule has 0 bridgehead atoms. The zero-order valence-corrected chi connectivity index (χ0v) is 15.7. The van der Waals surface area contributed by atoms with Crippen molar-refractivity contribution in [3.05, 3.63) is 60.2 Å². The highest BCUT2D eigenvalue weighted by molar-refractivity contribution is 7.89. The van der Waals surface area contributed by atoms with Crippen LogP contribution < -0.4 is 5.32 Å². The number of hydrogen-bond donors (Lipinski definition) is 1. The highest BCUT2D eigenvalue weighted by Gasteiger charge is 2.34. The highest BCUT2D eigenvalue weighted by atomic mass is 32.2. The molecule has 0 unspecified atom stereocenters. The van der Waals surface area contributed by atoms with Crippen molar-refractivity contribution >= 4 is 21.6 Å². The predicted octanol–water partition coefficient (Wildman–Crippen LogP) is 3.57. The molecule has 0 aliphatic carbocycles. The van der Waals surface area contributed by atoms with Gasteiger partial charge in [-0.15, -0.1) is 0 Å². The zero-order chi connectivity index (χ0) is 18.6. The Morgan fingerprint density at radius 3 is 2.50 bits per heavy atom. The minimum atomic E-state index is -3.58. The van der Waals surface area contributed by atoms with Gasteiger partial charge in [0.2, 0.25) is 15.9 Å². The van der Waals surface area contributed by atoms with Crippen molar-refractivity contribution in [2.75, 3.05) is 11.9 Å². The molecule has 2 aromatic rings. The number of anilines is 1. The summed E-state index contributed by atoms with van der Waals surface area (Å²) in [7, 11) is -3.58. The second-order valence-electron chi connectivity index (χ2n) is 6.65. The molecule has 6 heteroatoms. The van der Waals surface area contributed by atoms with E-state index < -0.39 is 10.0 Å². The Bertz CT molecular complexity index is 866. The second-order valence-corrected chi connectivity index (χ2v) is 8.54. The lowest BCUT2D eigenvalue weighted by atomic mass is 10.0. The molecule has 2 aromatic carbocycles. The average molecular weight is 372 g/mol. The molecule has 1 heterocycles. The SMILES string of the molecule is Cc1ccccc1NC(=O)C[C@@H]1CCCCN1S(=O)(=O)c1ccccc1. The molecule has 138 valence electrons. The van der Waals surface area contributed by atoms with Crippen LogP contribution in [0.2, 0.25) is 0 Å². The van der Waals surface area contributed by atoms with Crippen molar-refractivity contribution in [1.29, 1.82) is 0 Å². The minimum Gasteiger partial charge on any atom is -0.326 e. The van der Waals surface area contributed by atoms with Crippen LogP contribution in [0, 0.1) is 6.92 Å². The Kier molecular flexibility index (Phi) is 5.74. The fourth-order valence-electron chi connectivity index (χ4n) is 3.35. The monoisotopic (exact) mass is 372 g/mol. The molecule has 0 radical (unpaired) electrons. The van der Waals surface area contributed by atoms with Crippen molar-refractivity contribution in [2.45, 2.75) is 43.5 Å². The van der Waals surface area contributed by atoms with Gasteiger partial charge in [-0.05, 0) is 43.5 Å². The van der Waals surface area contributed by atoms with E-state index in [1.54, 1.807) is 30.3 Å². The van der Waals surface area contributed by atoms with Gasteiger partial charge in [-0.2, -0.15) is 4.31 Å². The molecule has 1 saturated heterocycles. The fraction of sp³-hybridized carbons (Fsp3) is 0.350. The number of nitrogens with one attached hydrogen (secondary N) is 1. The van der Waals surface area contributed by atoms with E-state index in [1.807, 2.05) is 31.2 Å². The zero-order valence-electron chi connectivity index (χ0n) is 14.9. The molecule has 1 aliphatic heterocycles. The molecule has 1 N–H and O–H groups in total. The third-order valence-corrected chi connectivity index (χ3v) is 6.73. The molecule has 1 aliphatic rings. The lowest BCUT2D eigenvalue weighted by Gasteiger charge is -2.34. The summed E-state index contributed by atoms with van der Waals surface area (Å²) >= 11 is 0. The molecular formula is C20H24N2O3S. The van der Waals surface area contributed by atoms with Crippen molar-refractivity contribution in [3.8, 4) is 0 Å². The number of para-hydroxylation sites is 1. The summed E-state index contributed by atoms with van der Waals surface area (Å²) < 4.78 is 27.5. The Balaban J connectivity index is 1.75. The van der Waals surface area contributed by atoms with Crippen LogP contribution >= 0.6 is 0 Å². The van der Waals surface area contributed by atoms with E-state index in [0.29, 0.717) is 13.0 Å². The topological polar surface area (TPSA) is 66.5 Å². The van der Waals surface area contributed by atoms with E-state index in [4.69, 9.17) is 0 Å². The number of carbonyl (C=O) groups excluding carboxylic acids is 1. The van der Waals surface area contributed by atoms with Crippen molar-refractivity contribution < 1.29 is 13.2 Å². The summed E-state index contributed by atoms with van der Waals surface area (Å²) in [5.41, 5.74) is 1.75. The maximum absolute atomic E-state index is 13.0. The standard InChI is InChI=1S/C20H24N2O3S/c1-16-9-5-6-13-19(16)21-20(23)15-17-10-7-8-14-22(17)26(24,25)18-11-3-2-4-12-18/h2-6,9,11-13,17H,7-8,10,14-15H2,1H3,(H,21,23)/t17-/m0/s1. The number of rotatable bonds is 5. The van der Waals surface area contributed by atoms with Crippen molar-refractivity contribution in [1.82, 2.24) is 4.31 Å². The van der Waals surface area contributed by atoms with Gasteiger partial charge in [0.1, 0.15) is 0 Å². The molecule has 5 nitrogen and oxygen atoms in total. The van der Waals surface area contributed by atoms with E-state index in [1.165, 1.54) is 4.31 Å². The first kappa shape index (κ1) is 18.6. The molecule has 0 saturated carbocycles. The van der Waals surface area contributed by atoms with E-state index >= 15 is 0 Å². The molecule has 1 atom stereocenters. The number of sulfonamides is 1. The second kappa shape index (κ2) is 8.01. The largest absolute Gasteiger partial charge is 0.326 e. The molecular weight excluding hydrogens is 348 g/mol. The lowest BCUT2D eigenvalue weighted by molar-refractivity contribution is -0.117. The molecule has 1 amide bonds. The Morgan fingerprint density at radius 1 is 1.08 bits per heavy atom. The Labute approximate surface area is 155 Å². The van der Waals surface area contributed by atoms with E-state index in [2.05, 4.69) is 5.32 Å². The number of hydrogen-bond acceptors (Lipinski definition) is 3. The first-order valence-electron chi connectivity index (χ1n) is 8.91. The number of nitrogens with zero attached hydrogens (tertiary/aromatic N) is 1. The summed E-state index contributed by atoms with van der Waals surface area (Å²) in [5, 5.41) is 2.91. The van der Waals surface area contributed by atoms with Crippen molar-refractivity contribution in [2.24, 2.45) is 0 Å². The number of aryl methyl sites for hydroxylation is 1. The number of piperidine rings is 1. The third kappa shape index (κ3) is 4.14. The Morgan fingerprint density at radius 2 is 1.77 bits per heavy atom. The van der Waals surface area contributed by atoms with Crippen molar-refractivity contribution in [3.63, 3.8) is 0 Å². The van der Waals surface area contributed by atoms with Gasteiger partial charge in [-0.1, -0.05) is 42.8 Å². The van der Waals surface area contributed by atoms with Crippen LogP contribution in [0.5, 0.6) is 0 Å². The smallest absolute Gasteiger partial charge is 0.243 e. The van der Waals surface area contributed by atoms with Crippen LogP contribution in [0.3, 0.4) is 0 Å². The first-order chi connectivity index (χ1) is 12.5. The van der Waals surface area contributed by atoms with Crippen LogP contribution in [0.1, 0.15) is 31.2 Å². The minimum absolute atomic E-state index is 0.153. The van der Waals surface area contributed by atoms with Gasteiger partial charge in [0.05, 0.1) is 4.90 Å². The molecule has 1 fully saturated rings. The third-order valence-electron chi connectivity index (χ3n) is 4.76. The van der Waals surface area contributed by atoms with Gasteiger partial charge in [-0.25, -0.2) is 8.42 Å². The van der Waals surface area contributed by atoms with E-state index in [9.17, 15) is 13.2 Å². The highest BCUT2D eigenvalue weighted by Crippen LogP contribution is 2.27. The number of amides is 1. The summed E-state index contributed by atoms with van der Waals surface area (Å²) in [5.74, 6) is -0.153. The van der Waals surface area contributed by atoms with Crippen LogP contribution in [0.25, 0.3) is 0 Å². The summed E-state index contributed by atoms with van der Waals surface area (Å²) in [6.45, 7) is 2.39. The fourth-order valence-corrected chi connectivity index (χ4v) is 5.06. The van der Waals surface area contributed by atoms with Crippen LogP contribution in [0.15, 0.2) is 59.5 Å². The van der Waals surface area contributed by atoms with E-state index in [-0.39, 0.29) is 23.3 Å². The average Bonchev–Trinajstić information content (AvgIpc) is 2.65. The maximum atomic E-state index is 13.0. The Hall–Kier alpha value is -2.18. The normalized spacial score (nSPS) is 18.4. The molecule has 0 spiro atoms. The first-order valence-corrected chi connectivity index (χ1v) is 10.3. The predicted molar refractivity (Wildman–Crippen MR) is 102 cm³/mol. The van der Waals surface area contributed by atoms with Gasteiger partial charge in [0.15, 0.2) is 0 Å². The van der Waals surface area contributed by atoms with Gasteiger partial charge < -0.3 is 5.32 Å². The summed E-state index contributed by atoms with van der Waals surface area (Å²) in [4.78, 5) is 12.8. The quantitative estimate of drug-likeness (QED) is 0.872. The number of carbonyl (C=O) groups is 1. The maximum Gasteiger partial charge on any atom is 0.243 e. The van der Waals surface area contributed by atoms with Gasteiger partial charge in [0.25, 0.3) is 0 Å². The summed E-state index contributed by atoms with van der Waals surface area (Å²) in [6, 6.07) is 15.7. The van der Waals surface area contributed by atoms with Crippen LogP contribution in [0.4, 0.5) is 5.69 Å². The van der Waals surface area contributed by atoms with Gasteiger partial charge in [0, 0.05) is 24.7 Å². The molecule has 3 rings (SSSR count). The summed E-state index contributed by atoms with van der Waals surface area (Å²) in [6.07, 6.45) is 2.62.